The van der Waals surface area contributed by atoms with Crippen molar-refractivity contribution in [2.24, 2.45) is 0 Å². The predicted octanol–water partition coefficient (Wildman–Crippen LogP) is 3.34. The fraction of sp³-hybridized carbons (Fsp3) is 0.188. The molecule has 98 valence electrons. The molecule has 3 nitrogen and oxygen atoms in total. The van der Waals surface area contributed by atoms with Crippen molar-refractivity contribution in [3.8, 4) is 5.75 Å². The number of esters is 1. The monoisotopic (exact) mass is 256 g/mol. The van der Waals surface area contributed by atoms with Crippen molar-refractivity contribution in [1.82, 2.24) is 0 Å². The number of fused-ring (bicyclic) bond motifs is 1. The SMILES string of the molecule is COC(=O)C(C)=CCOc1ccc2ccccc2c1. The summed E-state index contributed by atoms with van der Waals surface area (Å²) in [5, 5.41) is 2.31. The largest absolute Gasteiger partial charge is 0.489 e. The third-order valence-corrected chi connectivity index (χ3v) is 2.87. The van der Waals surface area contributed by atoms with Crippen LogP contribution in [0.2, 0.25) is 0 Å². The lowest BCUT2D eigenvalue weighted by Crippen LogP contribution is -2.04. The van der Waals surface area contributed by atoms with E-state index in [9.17, 15) is 4.79 Å². The number of benzene rings is 2. The molecule has 0 amide bonds. The summed E-state index contributed by atoms with van der Waals surface area (Å²) in [7, 11) is 1.36. The average Bonchev–Trinajstić information content (AvgIpc) is 2.46. The number of methoxy groups -OCH3 is 1. The highest BCUT2D eigenvalue weighted by atomic mass is 16.5. The van der Waals surface area contributed by atoms with Gasteiger partial charge in [0.2, 0.25) is 0 Å². The molecule has 19 heavy (non-hydrogen) atoms. The van der Waals surface area contributed by atoms with Gasteiger partial charge in [-0.15, -0.1) is 0 Å². The molecule has 0 heterocycles. The predicted molar refractivity (Wildman–Crippen MR) is 75.2 cm³/mol. The molecule has 0 saturated carbocycles. The van der Waals surface area contributed by atoms with E-state index in [1.807, 2.05) is 36.4 Å². The lowest BCUT2D eigenvalue weighted by molar-refractivity contribution is -0.136. The van der Waals surface area contributed by atoms with Crippen LogP contribution in [0.1, 0.15) is 6.92 Å². The van der Waals surface area contributed by atoms with E-state index in [-0.39, 0.29) is 5.97 Å². The first-order chi connectivity index (χ1) is 9.20. The van der Waals surface area contributed by atoms with Crippen LogP contribution in [-0.4, -0.2) is 19.7 Å². The van der Waals surface area contributed by atoms with Crippen LogP contribution in [0.4, 0.5) is 0 Å². The summed E-state index contributed by atoms with van der Waals surface area (Å²) in [6.45, 7) is 2.05. The van der Waals surface area contributed by atoms with Gasteiger partial charge in [0, 0.05) is 5.57 Å². The number of carbonyl (C=O) groups is 1. The van der Waals surface area contributed by atoms with E-state index >= 15 is 0 Å². The van der Waals surface area contributed by atoms with Gasteiger partial charge >= 0.3 is 5.97 Å². The molecule has 0 aromatic heterocycles. The normalized spacial score (nSPS) is 11.4. The van der Waals surface area contributed by atoms with Gasteiger partial charge in [-0.2, -0.15) is 0 Å². The molecule has 2 rings (SSSR count). The van der Waals surface area contributed by atoms with Gasteiger partial charge in [-0.3, -0.25) is 0 Å². The standard InChI is InChI=1S/C16H16O3/c1-12(16(17)18-2)9-10-19-15-8-7-13-5-3-4-6-14(13)11-15/h3-9,11H,10H2,1-2H3. The Morgan fingerprint density at radius 2 is 1.89 bits per heavy atom. The molecule has 0 radical (unpaired) electrons. The van der Waals surface area contributed by atoms with Crippen LogP contribution in [0.5, 0.6) is 5.75 Å². The lowest BCUT2D eigenvalue weighted by Gasteiger charge is -2.05. The summed E-state index contributed by atoms with van der Waals surface area (Å²) in [4.78, 5) is 11.2. The van der Waals surface area contributed by atoms with Crippen molar-refractivity contribution in [2.45, 2.75) is 6.92 Å². The molecule has 0 unspecified atom stereocenters. The smallest absolute Gasteiger partial charge is 0.333 e. The Labute approximate surface area is 112 Å². The Kier molecular flexibility index (Phi) is 4.18. The minimum absolute atomic E-state index is 0.331. The van der Waals surface area contributed by atoms with Gasteiger partial charge in [0.15, 0.2) is 0 Å². The van der Waals surface area contributed by atoms with Crippen LogP contribution < -0.4 is 4.74 Å². The van der Waals surface area contributed by atoms with Crippen LogP contribution in [-0.2, 0) is 9.53 Å². The minimum atomic E-state index is -0.331. The fourth-order valence-corrected chi connectivity index (χ4v) is 1.76. The Morgan fingerprint density at radius 3 is 2.63 bits per heavy atom. The molecule has 0 atom stereocenters. The van der Waals surface area contributed by atoms with Crippen LogP contribution in [0.25, 0.3) is 10.8 Å². The number of hydrogen-bond donors (Lipinski definition) is 0. The number of ether oxygens (including phenoxy) is 2. The molecule has 0 spiro atoms. The maximum absolute atomic E-state index is 11.2. The summed E-state index contributed by atoms with van der Waals surface area (Å²) in [6.07, 6.45) is 1.71. The molecule has 0 bridgehead atoms. The van der Waals surface area contributed by atoms with Crippen LogP contribution in [0.3, 0.4) is 0 Å². The molecule has 3 heteroatoms. The minimum Gasteiger partial charge on any atom is -0.489 e. The zero-order chi connectivity index (χ0) is 13.7. The van der Waals surface area contributed by atoms with Gasteiger partial charge < -0.3 is 9.47 Å². The van der Waals surface area contributed by atoms with Gasteiger partial charge in [0.1, 0.15) is 12.4 Å². The van der Waals surface area contributed by atoms with Gasteiger partial charge in [-0.25, -0.2) is 4.79 Å². The summed E-state index contributed by atoms with van der Waals surface area (Å²) < 4.78 is 10.2. The summed E-state index contributed by atoms with van der Waals surface area (Å²) in [5.41, 5.74) is 0.545. The fourth-order valence-electron chi connectivity index (χ4n) is 1.76. The molecular formula is C16H16O3. The zero-order valence-corrected chi connectivity index (χ0v) is 11.1. The van der Waals surface area contributed by atoms with Crippen molar-refractivity contribution in [2.75, 3.05) is 13.7 Å². The van der Waals surface area contributed by atoms with E-state index in [0.29, 0.717) is 12.2 Å². The van der Waals surface area contributed by atoms with Crippen molar-refractivity contribution in [3.63, 3.8) is 0 Å². The summed E-state index contributed by atoms with van der Waals surface area (Å²) in [6, 6.07) is 14.0. The first-order valence-corrected chi connectivity index (χ1v) is 6.07. The van der Waals surface area contributed by atoms with Gasteiger partial charge in [-0.05, 0) is 35.9 Å². The highest BCUT2D eigenvalue weighted by Gasteiger charge is 2.02. The molecular weight excluding hydrogens is 240 g/mol. The summed E-state index contributed by atoms with van der Waals surface area (Å²) in [5.74, 6) is 0.453. The Balaban J connectivity index is 2.04. The molecule has 0 aliphatic heterocycles. The van der Waals surface area contributed by atoms with E-state index < -0.39 is 0 Å². The molecule has 0 saturated heterocycles. The third kappa shape index (κ3) is 3.35. The van der Waals surface area contributed by atoms with Crippen LogP contribution >= 0.6 is 0 Å². The van der Waals surface area contributed by atoms with E-state index in [0.717, 1.165) is 11.1 Å². The Morgan fingerprint density at radius 1 is 1.16 bits per heavy atom. The molecule has 2 aromatic carbocycles. The Hall–Kier alpha value is -2.29. The number of carbonyl (C=O) groups excluding carboxylic acids is 1. The zero-order valence-electron chi connectivity index (χ0n) is 11.1. The van der Waals surface area contributed by atoms with Crippen molar-refractivity contribution < 1.29 is 14.3 Å². The second-order valence-electron chi connectivity index (χ2n) is 4.20. The molecule has 0 aliphatic carbocycles. The van der Waals surface area contributed by atoms with E-state index in [1.165, 1.54) is 12.5 Å². The van der Waals surface area contributed by atoms with Gasteiger partial charge in [0.05, 0.1) is 7.11 Å². The molecule has 2 aromatic rings. The van der Waals surface area contributed by atoms with Crippen molar-refractivity contribution >= 4 is 16.7 Å². The highest BCUT2D eigenvalue weighted by molar-refractivity contribution is 5.87. The second kappa shape index (κ2) is 6.05. The van der Waals surface area contributed by atoms with E-state index in [1.54, 1.807) is 13.0 Å². The Bertz CT molecular complexity index is 614. The summed E-state index contributed by atoms with van der Waals surface area (Å²) >= 11 is 0. The van der Waals surface area contributed by atoms with Crippen molar-refractivity contribution in [3.05, 3.63) is 54.1 Å². The molecule has 0 fully saturated rings. The van der Waals surface area contributed by atoms with Gasteiger partial charge in [0.25, 0.3) is 0 Å². The maximum Gasteiger partial charge on any atom is 0.333 e. The number of rotatable bonds is 4. The molecule has 0 aliphatic rings. The first kappa shape index (κ1) is 13.1. The highest BCUT2D eigenvalue weighted by Crippen LogP contribution is 2.20. The number of hydrogen-bond acceptors (Lipinski definition) is 3. The van der Waals surface area contributed by atoms with E-state index in [4.69, 9.17) is 4.74 Å². The maximum atomic E-state index is 11.2. The quantitative estimate of drug-likeness (QED) is 0.621. The second-order valence-corrected chi connectivity index (χ2v) is 4.20. The van der Waals surface area contributed by atoms with E-state index in [2.05, 4.69) is 10.8 Å². The lowest BCUT2D eigenvalue weighted by atomic mass is 10.1. The topological polar surface area (TPSA) is 35.5 Å². The van der Waals surface area contributed by atoms with Crippen LogP contribution in [0, 0.1) is 0 Å². The average molecular weight is 256 g/mol. The first-order valence-electron chi connectivity index (χ1n) is 6.07. The molecule has 0 N–H and O–H groups in total. The third-order valence-electron chi connectivity index (χ3n) is 2.87. The van der Waals surface area contributed by atoms with Crippen LogP contribution in [0.15, 0.2) is 54.1 Å². The van der Waals surface area contributed by atoms with Crippen molar-refractivity contribution in [1.29, 1.82) is 0 Å². The van der Waals surface area contributed by atoms with Gasteiger partial charge in [-0.1, -0.05) is 30.3 Å².